The number of amides is 1. The Morgan fingerprint density at radius 2 is 2.33 bits per heavy atom. The van der Waals surface area contributed by atoms with Crippen molar-refractivity contribution in [1.82, 2.24) is 5.32 Å². The fourth-order valence-corrected chi connectivity index (χ4v) is 2.94. The van der Waals surface area contributed by atoms with Gasteiger partial charge in [-0.25, -0.2) is 4.39 Å². The molecule has 21 heavy (non-hydrogen) atoms. The topological polar surface area (TPSA) is 58.6 Å². The first-order valence-electron chi connectivity index (χ1n) is 7.28. The van der Waals surface area contributed by atoms with Crippen LogP contribution in [0, 0.1) is 11.7 Å². The normalized spacial score (nSPS) is 25.4. The van der Waals surface area contributed by atoms with Gasteiger partial charge in [-0.3, -0.25) is 4.79 Å². The van der Waals surface area contributed by atoms with Crippen molar-refractivity contribution in [2.45, 2.75) is 38.2 Å². The van der Waals surface area contributed by atoms with Crippen LogP contribution in [-0.2, 0) is 0 Å². The number of carbonyl (C=O) groups excluding carboxylic acids is 1. The highest BCUT2D eigenvalue weighted by atomic mass is 19.1. The molecule has 2 rings (SSSR count). The number of hydrogen-bond donors (Lipinski definition) is 2. The third-order valence-corrected chi connectivity index (χ3v) is 4.06. The lowest BCUT2D eigenvalue weighted by Gasteiger charge is -2.35. The van der Waals surface area contributed by atoms with Crippen molar-refractivity contribution in [2.75, 3.05) is 13.7 Å². The van der Waals surface area contributed by atoms with E-state index in [9.17, 15) is 14.3 Å². The van der Waals surface area contributed by atoms with Crippen LogP contribution in [0.15, 0.2) is 18.2 Å². The van der Waals surface area contributed by atoms with Crippen molar-refractivity contribution >= 4 is 5.91 Å². The van der Waals surface area contributed by atoms with E-state index < -0.39 is 11.4 Å². The van der Waals surface area contributed by atoms with Crippen LogP contribution < -0.4 is 10.1 Å². The lowest BCUT2D eigenvalue weighted by atomic mass is 9.79. The number of nitrogens with one attached hydrogen (secondary N) is 1. The van der Waals surface area contributed by atoms with Crippen molar-refractivity contribution in [3.05, 3.63) is 29.6 Å². The Hall–Kier alpha value is -1.62. The first kappa shape index (κ1) is 15.8. The van der Waals surface area contributed by atoms with E-state index >= 15 is 0 Å². The van der Waals surface area contributed by atoms with Crippen LogP contribution in [0.2, 0.25) is 0 Å². The molecule has 5 heteroatoms. The smallest absolute Gasteiger partial charge is 0.251 e. The second-order valence-electron chi connectivity index (χ2n) is 5.96. The van der Waals surface area contributed by atoms with E-state index in [1.807, 2.05) is 0 Å². The Morgan fingerprint density at radius 3 is 3.00 bits per heavy atom. The molecule has 2 unspecified atom stereocenters. The van der Waals surface area contributed by atoms with E-state index in [-0.39, 0.29) is 18.2 Å². The highest BCUT2D eigenvalue weighted by Crippen LogP contribution is 2.31. The van der Waals surface area contributed by atoms with Crippen LogP contribution in [0.25, 0.3) is 0 Å². The van der Waals surface area contributed by atoms with Gasteiger partial charge in [-0.2, -0.15) is 0 Å². The fraction of sp³-hybridized carbons (Fsp3) is 0.562. The molecule has 0 saturated heterocycles. The largest absolute Gasteiger partial charge is 0.494 e. The van der Waals surface area contributed by atoms with E-state index in [1.165, 1.54) is 25.3 Å². The summed E-state index contributed by atoms with van der Waals surface area (Å²) in [5.74, 6) is -0.340. The zero-order valence-electron chi connectivity index (χ0n) is 12.5. The summed E-state index contributed by atoms with van der Waals surface area (Å²) in [5, 5.41) is 13.2. The SMILES string of the molecule is COc1cc(C(=O)NCC2(O)CCCC(C)C2)ccc1F. The molecule has 1 aromatic rings. The minimum absolute atomic E-state index is 0.0349. The summed E-state index contributed by atoms with van der Waals surface area (Å²) in [6.45, 7) is 2.33. The van der Waals surface area contributed by atoms with Crippen molar-refractivity contribution in [1.29, 1.82) is 0 Å². The Balaban J connectivity index is 1.98. The number of benzene rings is 1. The van der Waals surface area contributed by atoms with Crippen molar-refractivity contribution < 1.29 is 19.0 Å². The predicted octanol–water partition coefficient (Wildman–Crippen LogP) is 2.51. The number of hydrogen-bond acceptors (Lipinski definition) is 3. The Kier molecular flexibility index (Phi) is 4.83. The Morgan fingerprint density at radius 1 is 1.57 bits per heavy atom. The molecular weight excluding hydrogens is 273 g/mol. The van der Waals surface area contributed by atoms with Gasteiger partial charge in [0.2, 0.25) is 0 Å². The first-order valence-corrected chi connectivity index (χ1v) is 7.28. The van der Waals surface area contributed by atoms with Gasteiger partial charge in [0.15, 0.2) is 11.6 Å². The third kappa shape index (κ3) is 3.94. The first-order chi connectivity index (χ1) is 9.93. The van der Waals surface area contributed by atoms with Crippen LogP contribution in [-0.4, -0.2) is 30.3 Å². The van der Waals surface area contributed by atoms with Crippen LogP contribution in [0.3, 0.4) is 0 Å². The van der Waals surface area contributed by atoms with Crippen LogP contribution >= 0.6 is 0 Å². The standard InChI is InChI=1S/C16H22FNO3/c1-11-4-3-7-16(20,9-11)10-18-15(19)12-5-6-13(17)14(8-12)21-2/h5-6,8,11,20H,3-4,7,9-10H2,1-2H3,(H,18,19). The maximum atomic E-state index is 13.3. The molecule has 0 radical (unpaired) electrons. The fourth-order valence-electron chi connectivity index (χ4n) is 2.94. The second kappa shape index (κ2) is 6.43. The van der Waals surface area contributed by atoms with Gasteiger partial charge in [0.1, 0.15) is 0 Å². The van der Waals surface area contributed by atoms with Gasteiger partial charge in [0.25, 0.3) is 5.91 Å². The van der Waals surface area contributed by atoms with Crippen LogP contribution in [0.1, 0.15) is 43.0 Å². The average Bonchev–Trinajstić information content (AvgIpc) is 2.45. The molecule has 2 N–H and O–H groups in total. The van der Waals surface area contributed by atoms with E-state index in [0.29, 0.717) is 24.3 Å². The molecule has 1 fully saturated rings. The zero-order valence-corrected chi connectivity index (χ0v) is 12.5. The second-order valence-corrected chi connectivity index (χ2v) is 5.96. The molecule has 0 heterocycles. The van der Waals surface area contributed by atoms with Gasteiger partial charge in [-0.05, 0) is 37.0 Å². The summed E-state index contributed by atoms with van der Waals surface area (Å²) in [6, 6.07) is 3.96. The summed E-state index contributed by atoms with van der Waals surface area (Å²) < 4.78 is 18.2. The number of halogens is 1. The monoisotopic (exact) mass is 295 g/mol. The maximum absolute atomic E-state index is 13.3. The zero-order chi connectivity index (χ0) is 15.5. The Labute approximate surface area is 124 Å². The minimum atomic E-state index is -0.836. The van der Waals surface area contributed by atoms with E-state index in [1.54, 1.807) is 0 Å². The molecule has 1 aliphatic carbocycles. The van der Waals surface area contributed by atoms with E-state index in [0.717, 1.165) is 12.8 Å². The molecule has 1 aliphatic rings. The van der Waals surface area contributed by atoms with Gasteiger partial charge in [0.05, 0.1) is 12.7 Å². The summed E-state index contributed by atoms with van der Waals surface area (Å²) in [4.78, 5) is 12.1. The Bertz CT molecular complexity index is 520. The lowest BCUT2D eigenvalue weighted by Crippen LogP contribution is -2.45. The summed E-state index contributed by atoms with van der Waals surface area (Å²) in [6.07, 6.45) is 3.48. The van der Waals surface area contributed by atoms with Crippen molar-refractivity contribution in [3.8, 4) is 5.75 Å². The molecule has 0 aromatic heterocycles. The molecule has 0 aliphatic heterocycles. The maximum Gasteiger partial charge on any atom is 0.251 e. The minimum Gasteiger partial charge on any atom is -0.494 e. The highest BCUT2D eigenvalue weighted by molar-refractivity contribution is 5.94. The van der Waals surface area contributed by atoms with Gasteiger partial charge in [0, 0.05) is 12.1 Å². The average molecular weight is 295 g/mol. The molecule has 116 valence electrons. The third-order valence-electron chi connectivity index (χ3n) is 4.06. The van der Waals surface area contributed by atoms with Gasteiger partial charge < -0.3 is 15.2 Å². The predicted molar refractivity (Wildman–Crippen MR) is 77.9 cm³/mol. The molecule has 0 spiro atoms. The number of aliphatic hydroxyl groups is 1. The lowest BCUT2D eigenvalue weighted by molar-refractivity contribution is -0.0109. The summed E-state index contributed by atoms with van der Waals surface area (Å²) in [7, 11) is 1.35. The molecule has 0 bridgehead atoms. The summed E-state index contributed by atoms with van der Waals surface area (Å²) in [5.41, 5.74) is -0.516. The van der Waals surface area contributed by atoms with Crippen LogP contribution in [0.4, 0.5) is 4.39 Å². The van der Waals surface area contributed by atoms with Gasteiger partial charge in [-0.1, -0.05) is 19.8 Å². The number of ether oxygens (including phenoxy) is 1. The highest BCUT2D eigenvalue weighted by Gasteiger charge is 2.32. The molecule has 1 saturated carbocycles. The van der Waals surface area contributed by atoms with Crippen molar-refractivity contribution in [3.63, 3.8) is 0 Å². The molecule has 4 nitrogen and oxygen atoms in total. The number of methoxy groups -OCH3 is 1. The molecular formula is C16H22FNO3. The number of carbonyl (C=O) groups is 1. The molecule has 1 amide bonds. The van der Waals surface area contributed by atoms with E-state index in [4.69, 9.17) is 4.74 Å². The molecule has 2 atom stereocenters. The molecule has 1 aromatic carbocycles. The number of rotatable bonds is 4. The van der Waals surface area contributed by atoms with Crippen LogP contribution in [0.5, 0.6) is 5.75 Å². The van der Waals surface area contributed by atoms with Gasteiger partial charge >= 0.3 is 0 Å². The van der Waals surface area contributed by atoms with E-state index in [2.05, 4.69) is 12.2 Å². The summed E-state index contributed by atoms with van der Waals surface area (Å²) >= 11 is 0. The quantitative estimate of drug-likeness (QED) is 0.897. The van der Waals surface area contributed by atoms with Crippen molar-refractivity contribution in [2.24, 2.45) is 5.92 Å². The van der Waals surface area contributed by atoms with Gasteiger partial charge in [-0.15, -0.1) is 0 Å².